The predicted molar refractivity (Wildman–Crippen MR) is 114 cm³/mol. The lowest BCUT2D eigenvalue weighted by Crippen LogP contribution is -2.64. The number of aromatic nitrogens is 5. The van der Waals surface area contributed by atoms with Crippen molar-refractivity contribution in [1.29, 1.82) is 5.26 Å². The number of benzene rings is 1. The number of H-pyrrole nitrogens is 1. The summed E-state index contributed by atoms with van der Waals surface area (Å²) in [4.78, 5) is 11.6. The molecule has 0 aliphatic carbocycles. The molecule has 9 nitrogen and oxygen atoms in total. The number of hydrogen-bond donors (Lipinski definition) is 1. The molecule has 4 heterocycles. The van der Waals surface area contributed by atoms with E-state index in [0.717, 1.165) is 27.9 Å². The number of aromatic amines is 1. The molecule has 0 amide bonds. The van der Waals surface area contributed by atoms with Crippen LogP contribution in [0.5, 0.6) is 0 Å². The molecular formula is C21H19N7O2S. The quantitative estimate of drug-likeness (QED) is 0.498. The second-order valence-corrected chi connectivity index (χ2v) is 9.67. The van der Waals surface area contributed by atoms with Crippen molar-refractivity contribution in [3.63, 3.8) is 0 Å². The normalized spacial score (nSPS) is 16.1. The second-order valence-electron chi connectivity index (χ2n) is 7.70. The highest BCUT2D eigenvalue weighted by Gasteiger charge is 2.50. The third-order valence-electron chi connectivity index (χ3n) is 5.63. The molecule has 0 spiro atoms. The standard InChI is InChI=1S/C21H19N7O2S/c22-8-7-21(13-27(14-21)31(29,30)12-16-4-2-1-3-5-16)28-11-17(10-26-28)19-18-6-9-23-20(18)25-15-24-19/h1-6,9-11,15H,7,12-14H2,(H,23,24,25). The summed E-state index contributed by atoms with van der Waals surface area (Å²) >= 11 is 0. The topological polar surface area (TPSA) is 121 Å². The molecule has 1 fully saturated rings. The lowest BCUT2D eigenvalue weighted by molar-refractivity contribution is 0.0716. The third kappa shape index (κ3) is 3.37. The SMILES string of the molecule is N#CCC1(n2cc(-c3ncnc4[nH]ccc34)cn2)CN(S(=O)(=O)Cc2ccccc2)C1. The molecule has 1 aromatic carbocycles. The Balaban J connectivity index is 1.40. The number of sulfonamides is 1. The van der Waals surface area contributed by atoms with Crippen LogP contribution in [-0.4, -0.2) is 50.5 Å². The van der Waals surface area contributed by atoms with Crippen LogP contribution in [-0.2, 0) is 21.3 Å². The van der Waals surface area contributed by atoms with Crippen LogP contribution in [0.25, 0.3) is 22.3 Å². The van der Waals surface area contributed by atoms with Crippen LogP contribution in [0.3, 0.4) is 0 Å². The van der Waals surface area contributed by atoms with Gasteiger partial charge in [0.1, 0.15) is 17.5 Å². The van der Waals surface area contributed by atoms with Crippen LogP contribution < -0.4 is 0 Å². The Hall–Kier alpha value is -3.55. The summed E-state index contributed by atoms with van der Waals surface area (Å²) in [5.74, 6) is -0.0623. The Bertz CT molecular complexity index is 1380. The highest BCUT2D eigenvalue weighted by Crippen LogP contribution is 2.36. The van der Waals surface area contributed by atoms with Gasteiger partial charge in [0.25, 0.3) is 0 Å². The third-order valence-corrected chi connectivity index (χ3v) is 7.37. The summed E-state index contributed by atoms with van der Waals surface area (Å²) in [5, 5.41) is 14.7. The fourth-order valence-corrected chi connectivity index (χ4v) is 5.65. The van der Waals surface area contributed by atoms with Crippen LogP contribution >= 0.6 is 0 Å². The number of hydrogen-bond acceptors (Lipinski definition) is 6. The fourth-order valence-electron chi connectivity index (χ4n) is 3.97. The first-order valence-electron chi connectivity index (χ1n) is 9.73. The number of fused-ring (bicyclic) bond motifs is 1. The van der Waals surface area contributed by atoms with Gasteiger partial charge in [0, 0.05) is 36.4 Å². The molecular weight excluding hydrogens is 414 g/mol. The maximum atomic E-state index is 12.8. The van der Waals surface area contributed by atoms with Gasteiger partial charge < -0.3 is 4.98 Å². The van der Waals surface area contributed by atoms with Gasteiger partial charge in [-0.15, -0.1) is 0 Å². The smallest absolute Gasteiger partial charge is 0.218 e. The first-order chi connectivity index (χ1) is 15.0. The first-order valence-corrected chi connectivity index (χ1v) is 11.3. The summed E-state index contributed by atoms with van der Waals surface area (Å²) < 4.78 is 28.8. The first kappa shape index (κ1) is 19.4. The molecule has 156 valence electrons. The van der Waals surface area contributed by atoms with E-state index < -0.39 is 15.6 Å². The molecule has 1 aliphatic rings. The van der Waals surface area contributed by atoms with Gasteiger partial charge >= 0.3 is 0 Å². The van der Waals surface area contributed by atoms with Gasteiger partial charge in [0.15, 0.2) is 0 Å². The zero-order chi connectivity index (χ0) is 21.5. The molecule has 1 aliphatic heterocycles. The maximum Gasteiger partial charge on any atom is 0.218 e. The minimum absolute atomic E-state index is 0.0623. The second kappa shape index (κ2) is 7.30. The summed E-state index contributed by atoms with van der Waals surface area (Å²) in [6, 6.07) is 13.2. The molecule has 10 heteroatoms. The van der Waals surface area contributed by atoms with E-state index in [1.54, 1.807) is 29.2 Å². The Kier molecular flexibility index (Phi) is 4.57. The van der Waals surface area contributed by atoms with E-state index >= 15 is 0 Å². The van der Waals surface area contributed by atoms with Gasteiger partial charge in [-0.3, -0.25) is 4.68 Å². The molecule has 1 N–H and O–H groups in total. The lowest BCUT2D eigenvalue weighted by Gasteiger charge is -2.47. The average molecular weight is 433 g/mol. The van der Waals surface area contributed by atoms with E-state index in [0.29, 0.717) is 0 Å². The van der Waals surface area contributed by atoms with E-state index in [2.05, 4.69) is 26.1 Å². The van der Waals surface area contributed by atoms with Crippen molar-refractivity contribution in [2.24, 2.45) is 0 Å². The van der Waals surface area contributed by atoms with Crippen LogP contribution in [0.4, 0.5) is 0 Å². The fraction of sp³-hybridized carbons (Fsp3) is 0.238. The Morgan fingerprint density at radius 2 is 1.97 bits per heavy atom. The number of nitrogens with zero attached hydrogens (tertiary/aromatic N) is 6. The molecule has 0 saturated carbocycles. The van der Waals surface area contributed by atoms with Gasteiger partial charge in [-0.25, -0.2) is 18.4 Å². The van der Waals surface area contributed by atoms with Crippen LogP contribution in [0.15, 0.2) is 61.3 Å². The zero-order valence-corrected chi connectivity index (χ0v) is 17.3. The van der Waals surface area contributed by atoms with E-state index in [1.165, 1.54) is 10.6 Å². The summed E-state index contributed by atoms with van der Waals surface area (Å²) in [5.41, 5.74) is 2.29. The minimum atomic E-state index is -3.48. The highest BCUT2D eigenvalue weighted by atomic mass is 32.2. The van der Waals surface area contributed by atoms with Crippen molar-refractivity contribution in [2.45, 2.75) is 17.7 Å². The Morgan fingerprint density at radius 3 is 2.74 bits per heavy atom. The maximum absolute atomic E-state index is 12.8. The van der Waals surface area contributed by atoms with Crippen molar-refractivity contribution >= 4 is 21.1 Å². The molecule has 5 rings (SSSR count). The highest BCUT2D eigenvalue weighted by molar-refractivity contribution is 7.88. The van der Waals surface area contributed by atoms with Crippen molar-refractivity contribution in [3.8, 4) is 17.3 Å². The summed E-state index contributed by atoms with van der Waals surface area (Å²) in [6.45, 7) is 0.417. The van der Waals surface area contributed by atoms with E-state index in [-0.39, 0.29) is 25.3 Å². The molecule has 0 radical (unpaired) electrons. The molecule has 0 bridgehead atoms. The molecule has 0 unspecified atom stereocenters. The van der Waals surface area contributed by atoms with Crippen molar-refractivity contribution in [3.05, 3.63) is 66.9 Å². The summed E-state index contributed by atoms with van der Waals surface area (Å²) in [7, 11) is -3.48. The van der Waals surface area contributed by atoms with Crippen molar-refractivity contribution in [2.75, 3.05) is 13.1 Å². The molecule has 4 aromatic rings. The summed E-state index contributed by atoms with van der Waals surface area (Å²) in [6.07, 6.45) is 6.96. The Morgan fingerprint density at radius 1 is 1.16 bits per heavy atom. The Labute approximate surface area is 179 Å². The zero-order valence-electron chi connectivity index (χ0n) is 16.5. The number of nitriles is 1. The van der Waals surface area contributed by atoms with Gasteiger partial charge in [0.05, 0.1) is 30.1 Å². The van der Waals surface area contributed by atoms with Crippen LogP contribution in [0.1, 0.15) is 12.0 Å². The largest absolute Gasteiger partial charge is 0.346 e. The van der Waals surface area contributed by atoms with Gasteiger partial charge in [-0.2, -0.15) is 14.7 Å². The van der Waals surface area contributed by atoms with Crippen molar-refractivity contribution < 1.29 is 8.42 Å². The molecule has 1 saturated heterocycles. The predicted octanol–water partition coefficient (Wildman–Crippen LogP) is 2.28. The lowest BCUT2D eigenvalue weighted by atomic mass is 9.89. The van der Waals surface area contributed by atoms with Gasteiger partial charge in [-0.1, -0.05) is 30.3 Å². The van der Waals surface area contributed by atoms with Crippen molar-refractivity contribution in [1.82, 2.24) is 29.0 Å². The van der Waals surface area contributed by atoms with Gasteiger partial charge in [-0.05, 0) is 11.6 Å². The number of nitrogens with one attached hydrogen (secondary N) is 1. The molecule has 31 heavy (non-hydrogen) atoms. The molecule has 3 aromatic heterocycles. The number of rotatable bonds is 6. The van der Waals surface area contributed by atoms with Crippen LogP contribution in [0, 0.1) is 11.3 Å². The molecule has 0 atom stereocenters. The monoisotopic (exact) mass is 433 g/mol. The van der Waals surface area contributed by atoms with E-state index in [1.807, 2.05) is 30.5 Å². The van der Waals surface area contributed by atoms with E-state index in [9.17, 15) is 13.7 Å². The van der Waals surface area contributed by atoms with Gasteiger partial charge in [0.2, 0.25) is 10.0 Å². The van der Waals surface area contributed by atoms with E-state index in [4.69, 9.17) is 0 Å². The van der Waals surface area contributed by atoms with Crippen LogP contribution in [0.2, 0.25) is 0 Å². The minimum Gasteiger partial charge on any atom is -0.346 e. The average Bonchev–Trinajstić information content (AvgIpc) is 3.40.